The van der Waals surface area contributed by atoms with Gasteiger partial charge in [-0.05, 0) is 70.8 Å². The lowest BCUT2D eigenvalue weighted by Gasteiger charge is -2.32. The van der Waals surface area contributed by atoms with E-state index in [1.807, 2.05) is 16.8 Å². The van der Waals surface area contributed by atoms with E-state index >= 15 is 0 Å². The monoisotopic (exact) mass is 463 g/mol. The van der Waals surface area contributed by atoms with E-state index in [1.165, 1.54) is 30.7 Å². The molecule has 1 aliphatic carbocycles. The fourth-order valence-electron chi connectivity index (χ4n) is 4.80. The molecule has 1 saturated carbocycles. The molecule has 0 radical (unpaired) electrons. The van der Waals surface area contributed by atoms with Crippen LogP contribution < -0.4 is 0 Å². The molecule has 1 aliphatic rings. The Hall–Kier alpha value is -3.39. The number of nitrogens with zero attached hydrogens (tertiary/aromatic N) is 5. The normalized spacial score (nSPS) is 15.6. The number of halogens is 2. The third-order valence-corrected chi connectivity index (χ3v) is 6.47. The van der Waals surface area contributed by atoms with E-state index in [2.05, 4.69) is 20.4 Å². The second kappa shape index (κ2) is 10.3. The standard InChI is InChI=1S/C26H27F2N5O/c27-21-12-8-19(9-13-21)17-32(18-24-7-4-16-34-24)25(20-10-14-22(28)15-11-20)26-29-30-31-33(26)23-5-2-1-3-6-23/h4,7-16,23,25H,1-3,5-6,17-18H2. The molecule has 4 aromatic rings. The number of hydrogen-bond donors (Lipinski definition) is 0. The summed E-state index contributed by atoms with van der Waals surface area (Å²) in [5.74, 6) is 0.918. The summed E-state index contributed by atoms with van der Waals surface area (Å²) >= 11 is 0. The van der Waals surface area contributed by atoms with Gasteiger partial charge >= 0.3 is 0 Å². The molecule has 0 N–H and O–H groups in total. The number of furan rings is 1. The Morgan fingerprint density at radius 1 is 0.912 bits per heavy atom. The van der Waals surface area contributed by atoms with Gasteiger partial charge in [0.15, 0.2) is 5.82 Å². The molecule has 1 fully saturated rings. The molecule has 0 saturated heterocycles. The number of aromatic nitrogens is 4. The summed E-state index contributed by atoms with van der Waals surface area (Å²) in [5.41, 5.74) is 1.82. The molecule has 0 bridgehead atoms. The van der Waals surface area contributed by atoms with Gasteiger partial charge in [0.05, 0.1) is 24.9 Å². The number of hydrogen-bond acceptors (Lipinski definition) is 5. The maximum Gasteiger partial charge on any atom is 0.173 e. The highest BCUT2D eigenvalue weighted by atomic mass is 19.1. The highest BCUT2D eigenvalue weighted by Crippen LogP contribution is 2.35. The molecular formula is C26H27F2N5O. The van der Waals surface area contributed by atoms with Crippen molar-refractivity contribution >= 4 is 0 Å². The first-order chi connectivity index (χ1) is 16.7. The Kier molecular flexibility index (Phi) is 6.76. The molecule has 176 valence electrons. The zero-order valence-corrected chi connectivity index (χ0v) is 18.9. The van der Waals surface area contributed by atoms with E-state index in [4.69, 9.17) is 4.42 Å². The molecule has 0 spiro atoms. The van der Waals surface area contributed by atoms with E-state index in [0.29, 0.717) is 18.9 Å². The van der Waals surface area contributed by atoms with Crippen molar-refractivity contribution in [3.63, 3.8) is 0 Å². The maximum absolute atomic E-state index is 13.8. The van der Waals surface area contributed by atoms with E-state index in [9.17, 15) is 8.78 Å². The Morgan fingerprint density at radius 3 is 2.29 bits per heavy atom. The van der Waals surface area contributed by atoms with Crippen molar-refractivity contribution in [1.82, 2.24) is 25.1 Å². The van der Waals surface area contributed by atoms with Crippen LogP contribution in [0.4, 0.5) is 8.78 Å². The zero-order valence-electron chi connectivity index (χ0n) is 18.9. The van der Waals surface area contributed by atoms with Gasteiger partial charge in [-0.25, -0.2) is 13.5 Å². The molecule has 8 heteroatoms. The van der Waals surface area contributed by atoms with Crippen LogP contribution in [-0.2, 0) is 13.1 Å². The van der Waals surface area contributed by atoms with E-state index < -0.39 is 0 Å². The minimum atomic E-state index is -0.354. The highest BCUT2D eigenvalue weighted by molar-refractivity contribution is 5.27. The lowest BCUT2D eigenvalue weighted by Crippen LogP contribution is -2.32. The third-order valence-electron chi connectivity index (χ3n) is 6.47. The molecule has 0 aliphatic heterocycles. The zero-order chi connectivity index (χ0) is 23.3. The van der Waals surface area contributed by atoms with Gasteiger partial charge in [0.1, 0.15) is 17.4 Å². The van der Waals surface area contributed by atoms with E-state index in [1.54, 1.807) is 30.5 Å². The van der Waals surface area contributed by atoms with Gasteiger partial charge in [0.2, 0.25) is 0 Å². The largest absolute Gasteiger partial charge is 0.468 e. The Labute approximate surface area is 197 Å². The first-order valence-corrected chi connectivity index (χ1v) is 11.7. The minimum absolute atomic E-state index is 0.234. The topological polar surface area (TPSA) is 60.0 Å². The van der Waals surface area contributed by atoms with Gasteiger partial charge in [0, 0.05) is 6.54 Å². The smallest absolute Gasteiger partial charge is 0.173 e. The fraction of sp³-hybridized carbons (Fsp3) is 0.346. The molecule has 34 heavy (non-hydrogen) atoms. The van der Waals surface area contributed by atoms with Crippen LogP contribution in [0.5, 0.6) is 0 Å². The fourth-order valence-corrected chi connectivity index (χ4v) is 4.80. The Balaban J connectivity index is 1.58. The molecule has 2 heterocycles. The van der Waals surface area contributed by atoms with E-state index in [0.717, 1.165) is 42.6 Å². The van der Waals surface area contributed by atoms with Crippen molar-refractivity contribution in [3.8, 4) is 0 Å². The quantitative estimate of drug-likeness (QED) is 0.328. The molecular weight excluding hydrogens is 436 g/mol. The van der Waals surface area contributed by atoms with Gasteiger partial charge in [-0.15, -0.1) is 5.10 Å². The summed E-state index contributed by atoms with van der Waals surface area (Å²) in [6.45, 7) is 0.977. The third kappa shape index (κ3) is 5.07. The lowest BCUT2D eigenvalue weighted by atomic mass is 9.95. The predicted molar refractivity (Wildman–Crippen MR) is 123 cm³/mol. The summed E-state index contributed by atoms with van der Waals surface area (Å²) < 4.78 is 35.0. The van der Waals surface area contributed by atoms with Crippen molar-refractivity contribution in [2.24, 2.45) is 0 Å². The second-order valence-electron chi connectivity index (χ2n) is 8.84. The van der Waals surface area contributed by atoms with Crippen molar-refractivity contribution < 1.29 is 13.2 Å². The first-order valence-electron chi connectivity index (χ1n) is 11.7. The van der Waals surface area contributed by atoms with Crippen LogP contribution in [-0.4, -0.2) is 25.1 Å². The van der Waals surface area contributed by atoms with Crippen LogP contribution in [0, 0.1) is 11.6 Å². The molecule has 0 amide bonds. The van der Waals surface area contributed by atoms with Gasteiger partial charge < -0.3 is 4.42 Å². The van der Waals surface area contributed by atoms with E-state index in [-0.39, 0.29) is 23.7 Å². The average molecular weight is 464 g/mol. The summed E-state index contributed by atoms with van der Waals surface area (Å²) in [6, 6.07) is 16.6. The second-order valence-corrected chi connectivity index (χ2v) is 8.84. The Morgan fingerprint density at radius 2 is 1.62 bits per heavy atom. The van der Waals surface area contributed by atoms with Crippen molar-refractivity contribution in [2.75, 3.05) is 0 Å². The molecule has 5 rings (SSSR count). The predicted octanol–water partition coefficient (Wildman–Crippen LogP) is 5.84. The van der Waals surface area contributed by atoms with Crippen molar-refractivity contribution in [3.05, 3.63) is 101 Å². The summed E-state index contributed by atoms with van der Waals surface area (Å²) in [6.07, 6.45) is 7.23. The van der Waals surface area contributed by atoms with Crippen LogP contribution in [0.1, 0.15) is 66.9 Å². The summed E-state index contributed by atoms with van der Waals surface area (Å²) in [5, 5.41) is 12.9. The van der Waals surface area contributed by atoms with Crippen molar-refractivity contribution in [2.45, 2.75) is 57.3 Å². The van der Waals surface area contributed by atoms with Gasteiger partial charge in [-0.1, -0.05) is 43.5 Å². The average Bonchev–Trinajstić information content (AvgIpc) is 3.55. The number of benzene rings is 2. The number of tetrazole rings is 1. The highest BCUT2D eigenvalue weighted by Gasteiger charge is 2.31. The first kappa shape index (κ1) is 22.4. The SMILES string of the molecule is Fc1ccc(CN(Cc2ccco2)C(c2ccc(F)cc2)c2nnnn2C2CCCCC2)cc1. The van der Waals surface area contributed by atoms with Crippen LogP contribution in [0.15, 0.2) is 71.3 Å². The minimum Gasteiger partial charge on any atom is -0.468 e. The molecule has 1 atom stereocenters. The maximum atomic E-state index is 13.8. The van der Waals surface area contributed by atoms with Crippen LogP contribution in [0.3, 0.4) is 0 Å². The lowest BCUT2D eigenvalue weighted by molar-refractivity contribution is 0.174. The number of rotatable bonds is 8. The molecule has 1 unspecified atom stereocenters. The molecule has 2 aromatic carbocycles. The summed E-state index contributed by atoms with van der Waals surface area (Å²) in [4.78, 5) is 2.18. The van der Waals surface area contributed by atoms with Gasteiger partial charge in [-0.2, -0.15) is 0 Å². The van der Waals surface area contributed by atoms with Crippen LogP contribution in [0.2, 0.25) is 0 Å². The van der Waals surface area contributed by atoms with Gasteiger partial charge in [0.25, 0.3) is 0 Å². The van der Waals surface area contributed by atoms with Crippen molar-refractivity contribution in [1.29, 1.82) is 0 Å². The molecule has 2 aromatic heterocycles. The summed E-state index contributed by atoms with van der Waals surface area (Å²) in [7, 11) is 0. The Bertz CT molecular complexity index is 1170. The van der Waals surface area contributed by atoms with Gasteiger partial charge in [-0.3, -0.25) is 4.90 Å². The molecule has 6 nitrogen and oxygen atoms in total. The van der Waals surface area contributed by atoms with Crippen LogP contribution in [0.25, 0.3) is 0 Å². The van der Waals surface area contributed by atoms with Crippen LogP contribution >= 0.6 is 0 Å².